The summed E-state index contributed by atoms with van der Waals surface area (Å²) in [6.45, 7) is 7.47. The van der Waals surface area contributed by atoms with Crippen LogP contribution in [0.3, 0.4) is 0 Å². The van der Waals surface area contributed by atoms with Gasteiger partial charge < -0.3 is 10.6 Å². The molecule has 0 unspecified atom stereocenters. The maximum Gasteiger partial charge on any atom is 0.0399 e. The summed E-state index contributed by atoms with van der Waals surface area (Å²) >= 11 is 0. The van der Waals surface area contributed by atoms with Crippen molar-refractivity contribution in [1.82, 2.24) is 0 Å². The topological polar surface area (TPSA) is 29.3 Å². The first-order valence-electron chi connectivity index (χ1n) is 5.25. The molecule has 1 heterocycles. The van der Waals surface area contributed by atoms with Crippen molar-refractivity contribution >= 4 is 5.69 Å². The van der Waals surface area contributed by atoms with Crippen LogP contribution < -0.4 is 10.6 Å². The summed E-state index contributed by atoms with van der Waals surface area (Å²) in [4.78, 5) is 2.43. The van der Waals surface area contributed by atoms with Crippen LogP contribution in [0.25, 0.3) is 0 Å². The van der Waals surface area contributed by atoms with Gasteiger partial charge in [0.25, 0.3) is 0 Å². The van der Waals surface area contributed by atoms with Crippen LogP contribution in [0.4, 0.5) is 5.69 Å². The lowest BCUT2D eigenvalue weighted by molar-refractivity contribution is 0.446. The molecule has 1 aliphatic rings. The van der Waals surface area contributed by atoms with Crippen molar-refractivity contribution in [2.75, 3.05) is 18.0 Å². The van der Waals surface area contributed by atoms with E-state index in [4.69, 9.17) is 5.73 Å². The van der Waals surface area contributed by atoms with Crippen molar-refractivity contribution in [1.29, 1.82) is 0 Å². The number of aryl methyl sites for hydroxylation is 1. The van der Waals surface area contributed by atoms with Crippen LogP contribution in [-0.4, -0.2) is 13.1 Å². The first-order valence-corrected chi connectivity index (χ1v) is 5.25. The van der Waals surface area contributed by atoms with Crippen molar-refractivity contribution in [3.8, 4) is 0 Å². The van der Waals surface area contributed by atoms with E-state index in [1.54, 1.807) is 0 Å². The zero-order valence-corrected chi connectivity index (χ0v) is 8.96. The molecule has 14 heavy (non-hydrogen) atoms. The molecule has 2 heteroatoms. The van der Waals surface area contributed by atoms with E-state index in [1.165, 1.54) is 29.9 Å². The molecule has 0 spiro atoms. The normalized spacial score (nSPS) is 16.9. The Labute approximate surface area is 85.7 Å². The van der Waals surface area contributed by atoms with Crippen LogP contribution in [0, 0.1) is 12.8 Å². The molecule has 0 radical (unpaired) electrons. The highest BCUT2D eigenvalue weighted by molar-refractivity contribution is 5.56. The molecule has 1 aliphatic heterocycles. The van der Waals surface area contributed by atoms with Crippen molar-refractivity contribution in [2.45, 2.75) is 20.4 Å². The van der Waals surface area contributed by atoms with E-state index < -0.39 is 0 Å². The quantitative estimate of drug-likeness (QED) is 0.772. The molecule has 1 aromatic carbocycles. The third-order valence-corrected chi connectivity index (χ3v) is 2.91. The van der Waals surface area contributed by atoms with E-state index in [9.17, 15) is 0 Å². The summed E-state index contributed by atoms with van der Waals surface area (Å²) < 4.78 is 0. The summed E-state index contributed by atoms with van der Waals surface area (Å²) in [7, 11) is 0. The van der Waals surface area contributed by atoms with Gasteiger partial charge in [-0.05, 0) is 30.0 Å². The van der Waals surface area contributed by atoms with Gasteiger partial charge in [0, 0.05) is 25.3 Å². The van der Waals surface area contributed by atoms with Gasteiger partial charge in [-0.1, -0.05) is 19.1 Å². The Morgan fingerprint density at radius 1 is 1.43 bits per heavy atom. The van der Waals surface area contributed by atoms with Crippen LogP contribution in [0.1, 0.15) is 18.1 Å². The van der Waals surface area contributed by atoms with Gasteiger partial charge in [-0.3, -0.25) is 0 Å². The molecule has 2 rings (SSSR count). The highest BCUT2D eigenvalue weighted by Gasteiger charge is 2.23. The number of nitrogens with two attached hydrogens (primary N) is 1. The lowest BCUT2D eigenvalue weighted by Crippen LogP contribution is -2.45. The number of hydrogen-bond donors (Lipinski definition) is 1. The average molecular weight is 190 g/mol. The van der Waals surface area contributed by atoms with Crippen LogP contribution in [0.5, 0.6) is 0 Å². The first-order chi connectivity index (χ1) is 6.70. The van der Waals surface area contributed by atoms with Gasteiger partial charge in [-0.25, -0.2) is 0 Å². The fraction of sp³-hybridized carbons (Fsp3) is 0.500. The molecule has 2 nitrogen and oxygen atoms in total. The fourth-order valence-electron chi connectivity index (χ4n) is 2.02. The molecule has 0 bridgehead atoms. The van der Waals surface area contributed by atoms with E-state index >= 15 is 0 Å². The van der Waals surface area contributed by atoms with Gasteiger partial charge in [0.1, 0.15) is 0 Å². The molecule has 0 amide bonds. The summed E-state index contributed by atoms with van der Waals surface area (Å²) in [5, 5.41) is 0. The molecule has 0 saturated carbocycles. The highest BCUT2D eigenvalue weighted by Crippen LogP contribution is 2.28. The predicted molar refractivity (Wildman–Crippen MR) is 60.4 cm³/mol. The lowest BCUT2D eigenvalue weighted by Gasteiger charge is -2.40. The predicted octanol–water partition coefficient (Wildman–Crippen LogP) is 1.91. The van der Waals surface area contributed by atoms with Crippen molar-refractivity contribution in [2.24, 2.45) is 11.7 Å². The molecule has 0 aromatic heterocycles. The Morgan fingerprint density at radius 3 is 2.71 bits per heavy atom. The molecule has 2 N–H and O–H groups in total. The molecule has 1 fully saturated rings. The highest BCUT2D eigenvalue weighted by atomic mass is 15.2. The zero-order valence-electron chi connectivity index (χ0n) is 8.96. The standard InChI is InChI=1S/C12H18N2/c1-9-7-14(8-9)12-5-11(6-13)4-3-10(12)2/h3-5,9H,6-8,13H2,1-2H3. The Balaban J connectivity index is 2.23. The Kier molecular flexibility index (Phi) is 2.46. The lowest BCUT2D eigenvalue weighted by atomic mass is 9.99. The zero-order chi connectivity index (χ0) is 10.1. The third kappa shape index (κ3) is 1.62. The van der Waals surface area contributed by atoms with Gasteiger partial charge in [0.05, 0.1) is 0 Å². The molecular weight excluding hydrogens is 172 g/mol. The van der Waals surface area contributed by atoms with E-state index in [0.717, 1.165) is 5.92 Å². The minimum Gasteiger partial charge on any atom is -0.371 e. The monoisotopic (exact) mass is 190 g/mol. The van der Waals surface area contributed by atoms with E-state index in [2.05, 4.69) is 36.9 Å². The molecule has 0 aliphatic carbocycles. The fourth-order valence-corrected chi connectivity index (χ4v) is 2.02. The Hall–Kier alpha value is -1.02. The van der Waals surface area contributed by atoms with Crippen molar-refractivity contribution in [3.05, 3.63) is 29.3 Å². The molecular formula is C12H18N2. The maximum atomic E-state index is 5.64. The smallest absolute Gasteiger partial charge is 0.0399 e. The minimum atomic E-state index is 0.636. The molecule has 0 atom stereocenters. The number of benzene rings is 1. The Morgan fingerprint density at radius 2 is 2.14 bits per heavy atom. The van der Waals surface area contributed by atoms with Gasteiger partial charge >= 0.3 is 0 Å². The SMILES string of the molecule is Cc1ccc(CN)cc1N1CC(C)C1. The second kappa shape index (κ2) is 3.62. The maximum absolute atomic E-state index is 5.64. The first kappa shape index (κ1) is 9.53. The van der Waals surface area contributed by atoms with Crippen LogP contribution >= 0.6 is 0 Å². The van der Waals surface area contributed by atoms with E-state index in [0.29, 0.717) is 6.54 Å². The number of nitrogens with zero attached hydrogens (tertiary/aromatic N) is 1. The van der Waals surface area contributed by atoms with E-state index in [1.807, 2.05) is 0 Å². The molecule has 1 aromatic rings. The summed E-state index contributed by atoms with van der Waals surface area (Å²) in [5.41, 5.74) is 9.59. The Bertz CT molecular complexity index is 327. The van der Waals surface area contributed by atoms with Crippen LogP contribution in [0.15, 0.2) is 18.2 Å². The van der Waals surface area contributed by atoms with Gasteiger partial charge in [0.15, 0.2) is 0 Å². The second-order valence-corrected chi connectivity index (χ2v) is 4.34. The minimum absolute atomic E-state index is 0.636. The van der Waals surface area contributed by atoms with Gasteiger partial charge in [-0.15, -0.1) is 0 Å². The summed E-state index contributed by atoms with van der Waals surface area (Å²) in [5.74, 6) is 0.843. The molecule has 1 saturated heterocycles. The third-order valence-electron chi connectivity index (χ3n) is 2.91. The number of rotatable bonds is 2. The van der Waals surface area contributed by atoms with Crippen molar-refractivity contribution < 1.29 is 0 Å². The van der Waals surface area contributed by atoms with Crippen LogP contribution in [0.2, 0.25) is 0 Å². The van der Waals surface area contributed by atoms with Crippen LogP contribution in [-0.2, 0) is 6.54 Å². The number of anilines is 1. The number of hydrogen-bond acceptors (Lipinski definition) is 2. The van der Waals surface area contributed by atoms with Crippen molar-refractivity contribution in [3.63, 3.8) is 0 Å². The van der Waals surface area contributed by atoms with Gasteiger partial charge in [0.2, 0.25) is 0 Å². The second-order valence-electron chi connectivity index (χ2n) is 4.34. The van der Waals surface area contributed by atoms with Gasteiger partial charge in [-0.2, -0.15) is 0 Å². The molecule has 76 valence electrons. The largest absolute Gasteiger partial charge is 0.371 e. The summed E-state index contributed by atoms with van der Waals surface area (Å²) in [6, 6.07) is 6.50. The average Bonchev–Trinajstić information content (AvgIpc) is 2.14. The van der Waals surface area contributed by atoms with E-state index in [-0.39, 0.29) is 0 Å². The summed E-state index contributed by atoms with van der Waals surface area (Å²) in [6.07, 6.45) is 0.